The maximum Gasteiger partial charge on any atom is 0.115 e. The highest BCUT2D eigenvalue weighted by Crippen LogP contribution is 2.24. The Balaban J connectivity index is 2.21. The number of nitrogens with two attached hydrogens (primary N) is 1. The third-order valence-corrected chi connectivity index (χ3v) is 3.94. The second kappa shape index (κ2) is 5.46. The van der Waals surface area contributed by atoms with Crippen LogP contribution in [0.15, 0.2) is 29.6 Å². The molecule has 1 aromatic carbocycles. The lowest BCUT2D eigenvalue weighted by Crippen LogP contribution is -2.14. The maximum absolute atomic E-state index is 5.71. The fourth-order valence-corrected chi connectivity index (χ4v) is 2.67. The third kappa shape index (κ3) is 2.86. The number of rotatable bonds is 4. The van der Waals surface area contributed by atoms with Gasteiger partial charge in [-0.1, -0.05) is 24.4 Å². The lowest BCUT2D eigenvalue weighted by Gasteiger charge is -2.15. The van der Waals surface area contributed by atoms with Gasteiger partial charge in [0.25, 0.3) is 0 Å². The van der Waals surface area contributed by atoms with Crippen LogP contribution < -0.4 is 11.1 Å². The van der Waals surface area contributed by atoms with Crippen LogP contribution in [0.3, 0.4) is 0 Å². The molecule has 0 aliphatic rings. The first-order valence-corrected chi connectivity index (χ1v) is 6.94. The van der Waals surface area contributed by atoms with Gasteiger partial charge in [-0.15, -0.1) is 11.3 Å². The van der Waals surface area contributed by atoms with Crippen molar-refractivity contribution in [3.05, 3.63) is 45.9 Å². The van der Waals surface area contributed by atoms with Crippen LogP contribution in [-0.4, -0.2) is 9.97 Å². The molecule has 0 fully saturated rings. The van der Waals surface area contributed by atoms with Crippen LogP contribution in [0.25, 0.3) is 0 Å². The molecule has 94 valence electrons. The predicted molar refractivity (Wildman–Crippen MR) is 81.2 cm³/mol. The average Bonchev–Trinajstić information content (AvgIpc) is 2.76. The van der Waals surface area contributed by atoms with Gasteiger partial charge in [-0.2, -0.15) is 0 Å². The van der Waals surface area contributed by atoms with Gasteiger partial charge < -0.3 is 11.1 Å². The van der Waals surface area contributed by atoms with Crippen molar-refractivity contribution in [2.75, 3.05) is 5.32 Å². The molecule has 5 heteroatoms. The molecule has 1 heterocycles. The van der Waals surface area contributed by atoms with E-state index in [0.29, 0.717) is 4.99 Å². The minimum Gasteiger partial charge on any atom is -0.389 e. The van der Waals surface area contributed by atoms with Gasteiger partial charge >= 0.3 is 0 Å². The molecule has 0 amide bonds. The van der Waals surface area contributed by atoms with Crippen LogP contribution in [0.1, 0.15) is 29.2 Å². The van der Waals surface area contributed by atoms with E-state index in [2.05, 4.69) is 17.2 Å². The first-order chi connectivity index (χ1) is 8.58. The normalized spacial score (nSPS) is 12.1. The van der Waals surface area contributed by atoms with E-state index in [1.54, 1.807) is 11.3 Å². The Morgan fingerprint density at radius 2 is 2.17 bits per heavy atom. The lowest BCUT2D eigenvalue weighted by atomic mass is 10.1. The Kier molecular flexibility index (Phi) is 3.93. The Bertz CT molecular complexity index is 563. The standard InChI is InChI=1S/C13H15N3S2/c1-8-7-18-13(15-8)9(2)16-11-6-4-3-5-10(11)12(14)17/h3-7,9,16H,1-2H3,(H2,14,17). The van der Waals surface area contributed by atoms with Gasteiger partial charge in [0.15, 0.2) is 0 Å². The molecular formula is C13H15N3S2. The molecule has 2 aromatic rings. The molecule has 0 saturated carbocycles. The van der Waals surface area contributed by atoms with E-state index in [4.69, 9.17) is 18.0 Å². The molecule has 18 heavy (non-hydrogen) atoms. The largest absolute Gasteiger partial charge is 0.389 e. The molecular weight excluding hydrogens is 262 g/mol. The first kappa shape index (κ1) is 13.0. The summed E-state index contributed by atoms with van der Waals surface area (Å²) in [6.07, 6.45) is 0. The van der Waals surface area contributed by atoms with E-state index >= 15 is 0 Å². The number of benzene rings is 1. The number of nitrogens with one attached hydrogen (secondary N) is 1. The van der Waals surface area contributed by atoms with Crippen molar-refractivity contribution in [2.45, 2.75) is 19.9 Å². The number of nitrogens with zero attached hydrogens (tertiary/aromatic N) is 1. The smallest absolute Gasteiger partial charge is 0.115 e. The van der Waals surface area contributed by atoms with Crippen molar-refractivity contribution in [1.29, 1.82) is 0 Å². The molecule has 0 aliphatic carbocycles. The summed E-state index contributed by atoms with van der Waals surface area (Å²) in [5.74, 6) is 0. The fraction of sp³-hybridized carbons (Fsp3) is 0.231. The first-order valence-electron chi connectivity index (χ1n) is 5.65. The summed E-state index contributed by atoms with van der Waals surface area (Å²) in [6.45, 7) is 4.07. The number of thiocarbonyl (C=S) groups is 1. The number of hydrogen-bond acceptors (Lipinski definition) is 4. The summed E-state index contributed by atoms with van der Waals surface area (Å²) < 4.78 is 0. The number of para-hydroxylation sites is 1. The quantitative estimate of drug-likeness (QED) is 0.842. The molecule has 1 atom stereocenters. The highest BCUT2D eigenvalue weighted by atomic mass is 32.1. The minimum absolute atomic E-state index is 0.138. The average molecular weight is 277 g/mol. The monoisotopic (exact) mass is 277 g/mol. The molecule has 2 rings (SSSR count). The van der Waals surface area contributed by atoms with Gasteiger partial charge in [0, 0.05) is 22.3 Å². The molecule has 1 aromatic heterocycles. The van der Waals surface area contributed by atoms with Crippen LogP contribution in [-0.2, 0) is 0 Å². The summed E-state index contributed by atoms with van der Waals surface area (Å²) in [5.41, 5.74) is 8.58. The predicted octanol–water partition coefficient (Wildman–Crippen LogP) is 3.26. The van der Waals surface area contributed by atoms with Crippen LogP contribution in [0.2, 0.25) is 0 Å². The lowest BCUT2D eigenvalue weighted by molar-refractivity contribution is 0.863. The van der Waals surface area contributed by atoms with Gasteiger partial charge in [-0.3, -0.25) is 0 Å². The highest BCUT2D eigenvalue weighted by Gasteiger charge is 2.11. The Hall–Kier alpha value is -1.46. The number of anilines is 1. The van der Waals surface area contributed by atoms with Crippen LogP contribution in [0, 0.1) is 6.92 Å². The number of hydrogen-bond donors (Lipinski definition) is 2. The van der Waals surface area contributed by atoms with E-state index in [-0.39, 0.29) is 6.04 Å². The SMILES string of the molecule is Cc1csc(C(C)Nc2ccccc2C(N)=S)n1. The summed E-state index contributed by atoms with van der Waals surface area (Å²) in [4.78, 5) is 4.88. The molecule has 3 nitrogen and oxygen atoms in total. The topological polar surface area (TPSA) is 50.9 Å². The fourth-order valence-electron chi connectivity index (χ4n) is 1.69. The van der Waals surface area contributed by atoms with Gasteiger partial charge in [-0.05, 0) is 26.0 Å². The summed E-state index contributed by atoms with van der Waals surface area (Å²) in [6, 6.07) is 7.93. The maximum atomic E-state index is 5.71. The van der Waals surface area contributed by atoms with Crippen molar-refractivity contribution < 1.29 is 0 Å². The molecule has 1 unspecified atom stereocenters. The van der Waals surface area contributed by atoms with Gasteiger partial charge in [0.1, 0.15) is 10.00 Å². The van der Waals surface area contributed by atoms with E-state index < -0.39 is 0 Å². The van der Waals surface area contributed by atoms with Crippen LogP contribution >= 0.6 is 23.6 Å². The Morgan fingerprint density at radius 1 is 1.44 bits per heavy atom. The zero-order valence-electron chi connectivity index (χ0n) is 10.3. The summed E-state index contributed by atoms with van der Waals surface area (Å²) in [7, 11) is 0. The van der Waals surface area contributed by atoms with E-state index in [1.807, 2.05) is 36.6 Å². The van der Waals surface area contributed by atoms with E-state index in [9.17, 15) is 0 Å². The minimum atomic E-state index is 0.138. The van der Waals surface area contributed by atoms with Gasteiger partial charge in [-0.25, -0.2) is 4.98 Å². The van der Waals surface area contributed by atoms with Crippen molar-refractivity contribution in [2.24, 2.45) is 5.73 Å². The molecule has 0 spiro atoms. The van der Waals surface area contributed by atoms with Crippen LogP contribution in [0.5, 0.6) is 0 Å². The van der Waals surface area contributed by atoms with E-state index in [1.165, 1.54) is 0 Å². The molecule has 0 radical (unpaired) electrons. The second-order valence-electron chi connectivity index (χ2n) is 4.10. The zero-order chi connectivity index (χ0) is 13.1. The van der Waals surface area contributed by atoms with Crippen LogP contribution in [0.4, 0.5) is 5.69 Å². The highest BCUT2D eigenvalue weighted by molar-refractivity contribution is 7.80. The Morgan fingerprint density at radius 3 is 2.78 bits per heavy atom. The Labute approximate surface area is 116 Å². The second-order valence-corrected chi connectivity index (χ2v) is 5.43. The van der Waals surface area contributed by atoms with E-state index in [0.717, 1.165) is 22.0 Å². The van der Waals surface area contributed by atoms with Crippen molar-refractivity contribution in [3.63, 3.8) is 0 Å². The van der Waals surface area contributed by atoms with Crippen molar-refractivity contribution in [3.8, 4) is 0 Å². The number of aryl methyl sites for hydroxylation is 1. The molecule has 0 bridgehead atoms. The summed E-state index contributed by atoms with van der Waals surface area (Å²) >= 11 is 6.70. The summed E-state index contributed by atoms with van der Waals surface area (Å²) in [5, 5.41) is 6.51. The third-order valence-electron chi connectivity index (χ3n) is 2.57. The zero-order valence-corrected chi connectivity index (χ0v) is 11.9. The molecule has 0 aliphatic heterocycles. The molecule has 0 saturated heterocycles. The van der Waals surface area contributed by atoms with Gasteiger partial charge in [0.05, 0.1) is 6.04 Å². The van der Waals surface area contributed by atoms with Crippen molar-refractivity contribution in [1.82, 2.24) is 4.98 Å². The van der Waals surface area contributed by atoms with Crippen molar-refractivity contribution >= 4 is 34.2 Å². The van der Waals surface area contributed by atoms with Gasteiger partial charge in [0.2, 0.25) is 0 Å². The number of aromatic nitrogens is 1. The molecule has 3 N–H and O–H groups in total. The number of thiazole rings is 1.